The molecular formula is C20H23ClN2O2. The van der Waals surface area contributed by atoms with Gasteiger partial charge in [-0.1, -0.05) is 35.9 Å². The zero-order chi connectivity index (χ0) is 17.6. The van der Waals surface area contributed by atoms with Gasteiger partial charge in [0.1, 0.15) is 5.75 Å². The number of piperidine rings is 1. The van der Waals surface area contributed by atoms with Crippen molar-refractivity contribution in [3.8, 4) is 5.75 Å². The van der Waals surface area contributed by atoms with Crippen molar-refractivity contribution in [1.29, 1.82) is 0 Å². The summed E-state index contributed by atoms with van der Waals surface area (Å²) >= 11 is 5.89. The fourth-order valence-electron chi connectivity index (χ4n) is 3.27. The maximum absolute atomic E-state index is 12.3. The number of para-hydroxylation sites is 2. The van der Waals surface area contributed by atoms with Gasteiger partial charge in [-0.15, -0.1) is 0 Å². The number of nitrogens with one attached hydrogen (secondary N) is 1. The number of anilines is 1. The third-order valence-corrected chi connectivity index (χ3v) is 4.74. The van der Waals surface area contributed by atoms with Crippen molar-refractivity contribution in [2.24, 2.45) is 0 Å². The Balaban J connectivity index is 1.59. The quantitative estimate of drug-likeness (QED) is 0.886. The molecule has 1 saturated heterocycles. The molecule has 1 atom stereocenters. The molecule has 0 bridgehead atoms. The molecule has 0 radical (unpaired) electrons. The Morgan fingerprint density at radius 2 is 2.00 bits per heavy atom. The molecule has 132 valence electrons. The number of nitrogens with zero attached hydrogens (tertiary/aromatic N) is 1. The number of hydrogen-bond acceptors (Lipinski definition) is 3. The Morgan fingerprint density at radius 1 is 1.24 bits per heavy atom. The molecule has 3 rings (SSSR count). The summed E-state index contributed by atoms with van der Waals surface area (Å²) in [4.78, 5) is 14.6. The summed E-state index contributed by atoms with van der Waals surface area (Å²) in [5, 5.41) is 3.85. The first kappa shape index (κ1) is 17.6. The smallest absolute Gasteiger partial charge is 0.224 e. The molecule has 0 aliphatic carbocycles. The van der Waals surface area contributed by atoms with E-state index in [1.807, 2.05) is 42.5 Å². The highest BCUT2D eigenvalue weighted by molar-refractivity contribution is 6.30. The van der Waals surface area contributed by atoms with Gasteiger partial charge in [0.05, 0.1) is 19.2 Å². The predicted octanol–water partition coefficient (Wildman–Crippen LogP) is 3.68. The maximum atomic E-state index is 12.3. The zero-order valence-electron chi connectivity index (χ0n) is 14.4. The van der Waals surface area contributed by atoms with E-state index in [9.17, 15) is 4.79 Å². The van der Waals surface area contributed by atoms with Crippen LogP contribution < -0.4 is 15.0 Å². The van der Waals surface area contributed by atoms with Crippen molar-refractivity contribution in [3.63, 3.8) is 0 Å². The van der Waals surface area contributed by atoms with Gasteiger partial charge in [0, 0.05) is 24.2 Å². The van der Waals surface area contributed by atoms with Crippen LogP contribution in [0.15, 0.2) is 48.5 Å². The average molecular weight is 359 g/mol. The van der Waals surface area contributed by atoms with Gasteiger partial charge in [-0.3, -0.25) is 4.79 Å². The summed E-state index contributed by atoms with van der Waals surface area (Å²) in [6.45, 7) is 1.77. The Labute approximate surface area is 153 Å². The highest BCUT2D eigenvalue weighted by Gasteiger charge is 2.23. The van der Waals surface area contributed by atoms with Gasteiger partial charge in [0.25, 0.3) is 0 Å². The van der Waals surface area contributed by atoms with Crippen molar-refractivity contribution >= 4 is 23.2 Å². The molecule has 0 aromatic heterocycles. The molecule has 1 aliphatic heterocycles. The molecular weight excluding hydrogens is 336 g/mol. The fraction of sp³-hybridized carbons (Fsp3) is 0.350. The van der Waals surface area contributed by atoms with Crippen LogP contribution in [0.4, 0.5) is 5.69 Å². The van der Waals surface area contributed by atoms with E-state index in [1.54, 1.807) is 7.11 Å². The van der Waals surface area contributed by atoms with E-state index in [1.165, 1.54) is 0 Å². The predicted molar refractivity (Wildman–Crippen MR) is 102 cm³/mol. The summed E-state index contributed by atoms with van der Waals surface area (Å²) < 4.78 is 5.46. The Kier molecular flexibility index (Phi) is 5.82. The van der Waals surface area contributed by atoms with Crippen LogP contribution in [0, 0.1) is 0 Å². The molecule has 25 heavy (non-hydrogen) atoms. The number of carbonyl (C=O) groups is 1. The highest BCUT2D eigenvalue weighted by atomic mass is 35.5. The molecule has 0 saturated carbocycles. The first-order valence-corrected chi connectivity index (χ1v) is 8.95. The minimum Gasteiger partial charge on any atom is -0.495 e. The molecule has 1 heterocycles. The number of methoxy groups -OCH3 is 1. The lowest BCUT2D eigenvalue weighted by Gasteiger charge is -2.35. The summed E-state index contributed by atoms with van der Waals surface area (Å²) in [6, 6.07) is 15.6. The second-order valence-corrected chi connectivity index (χ2v) is 6.76. The minimum absolute atomic E-state index is 0.0502. The second kappa shape index (κ2) is 8.26. The van der Waals surface area contributed by atoms with Gasteiger partial charge < -0.3 is 15.0 Å². The van der Waals surface area contributed by atoms with Crippen LogP contribution in [0.1, 0.15) is 18.4 Å². The largest absolute Gasteiger partial charge is 0.495 e. The van der Waals surface area contributed by atoms with Crippen LogP contribution in [0.5, 0.6) is 5.75 Å². The Hall–Kier alpha value is -2.20. The van der Waals surface area contributed by atoms with Crippen molar-refractivity contribution < 1.29 is 9.53 Å². The number of halogens is 1. The topological polar surface area (TPSA) is 41.6 Å². The number of benzene rings is 2. The first-order valence-electron chi connectivity index (χ1n) is 8.57. The van der Waals surface area contributed by atoms with E-state index in [-0.39, 0.29) is 11.9 Å². The van der Waals surface area contributed by atoms with Crippen LogP contribution >= 0.6 is 11.6 Å². The van der Waals surface area contributed by atoms with Crippen LogP contribution in [0.3, 0.4) is 0 Å². The molecule has 2 aromatic carbocycles. The van der Waals surface area contributed by atoms with Crippen LogP contribution in [0.25, 0.3) is 0 Å². The molecule has 1 unspecified atom stereocenters. The molecule has 1 fully saturated rings. The summed E-state index contributed by atoms with van der Waals surface area (Å²) in [7, 11) is 1.69. The third kappa shape index (κ3) is 4.67. The first-order chi connectivity index (χ1) is 12.2. The van der Waals surface area contributed by atoms with Crippen LogP contribution in [-0.4, -0.2) is 32.1 Å². The second-order valence-electron chi connectivity index (χ2n) is 6.33. The summed E-state index contributed by atoms with van der Waals surface area (Å²) in [5.74, 6) is 0.921. The van der Waals surface area contributed by atoms with E-state index < -0.39 is 0 Å². The van der Waals surface area contributed by atoms with Gasteiger partial charge in [-0.2, -0.15) is 0 Å². The van der Waals surface area contributed by atoms with E-state index in [0.717, 1.165) is 42.9 Å². The van der Waals surface area contributed by atoms with Gasteiger partial charge in [0.2, 0.25) is 5.91 Å². The monoisotopic (exact) mass is 358 g/mol. The maximum Gasteiger partial charge on any atom is 0.224 e. The van der Waals surface area contributed by atoms with Crippen molar-refractivity contribution in [2.45, 2.75) is 25.3 Å². The third-order valence-electron chi connectivity index (χ3n) is 4.49. The fourth-order valence-corrected chi connectivity index (χ4v) is 3.40. The van der Waals surface area contributed by atoms with Gasteiger partial charge in [-0.05, 0) is 42.7 Å². The highest BCUT2D eigenvalue weighted by Crippen LogP contribution is 2.29. The lowest BCUT2D eigenvalue weighted by molar-refractivity contribution is -0.121. The number of amides is 1. The molecule has 1 aliphatic rings. The molecule has 1 amide bonds. The molecule has 4 nitrogen and oxygen atoms in total. The van der Waals surface area contributed by atoms with E-state index >= 15 is 0 Å². The van der Waals surface area contributed by atoms with Crippen LogP contribution in [0.2, 0.25) is 5.02 Å². The summed E-state index contributed by atoms with van der Waals surface area (Å²) in [6.07, 6.45) is 2.42. The molecule has 5 heteroatoms. The van der Waals surface area contributed by atoms with Gasteiger partial charge in [-0.25, -0.2) is 0 Å². The Bertz CT molecular complexity index is 718. The van der Waals surface area contributed by atoms with Crippen molar-refractivity contribution in [3.05, 3.63) is 59.1 Å². The summed E-state index contributed by atoms with van der Waals surface area (Å²) in [5.41, 5.74) is 2.06. The number of ether oxygens (including phenoxy) is 1. The standard InChI is InChI=1S/C20H23ClN2O2/c1-25-19-7-3-2-6-18(19)23-12-4-5-17(14-23)22-20(24)13-15-8-10-16(21)11-9-15/h2-3,6-11,17H,4-5,12-14H2,1H3,(H,22,24). The minimum atomic E-state index is 0.0502. The van der Waals surface area contributed by atoms with Crippen molar-refractivity contribution in [1.82, 2.24) is 5.32 Å². The lowest BCUT2D eigenvalue weighted by atomic mass is 10.0. The molecule has 0 spiro atoms. The van der Waals surface area contributed by atoms with Crippen LogP contribution in [-0.2, 0) is 11.2 Å². The normalized spacial score (nSPS) is 17.2. The van der Waals surface area contributed by atoms with Crippen molar-refractivity contribution in [2.75, 3.05) is 25.1 Å². The van der Waals surface area contributed by atoms with E-state index in [2.05, 4.69) is 16.3 Å². The zero-order valence-corrected chi connectivity index (χ0v) is 15.1. The number of hydrogen-bond donors (Lipinski definition) is 1. The molecule has 2 aromatic rings. The van der Waals surface area contributed by atoms with E-state index in [0.29, 0.717) is 11.4 Å². The molecule has 1 N–H and O–H groups in total. The average Bonchev–Trinajstić information content (AvgIpc) is 2.64. The van der Waals surface area contributed by atoms with Gasteiger partial charge in [0.15, 0.2) is 0 Å². The van der Waals surface area contributed by atoms with E-state index in [4.69, 9.17) is 16.3 Å². The lowest BCUT2D eigenvalue weighted by Crippen LogP contribution is -2.48. The van der Waals surface area contributed by atoms with Gasteiger partial charge >= 0.3 is 0 Å². The Morgan fingerprint density at radius 3 is 2.76 bits per heavy atom. The number of rotatable bonds is 5. The SMILES string of the molecule is COc1ccccc1N1CCCC(NC(=O)Cc2ccc(Cl)cc2)C1. The number of carbonyl (C=O) groups excluding carboxylic acids is 1.